The number of benzene rings is 2. The molecule has 186 valence electrons. The molecule has 6 nitrogen and oxygen atoms in total. The summed E-state index contributed by atoms with van der Waals surface area (Å²) in [5, 5.41) is 6.05. The summed E-state index contributed by atoms with van der Waals surface area (Å²) >= 11 is 0. The standard InChI is InChI=1S/C22H22F6N2O4/c1-31-29-19(21(23,24)25)15-5-9-17(10-6-15)33-13-3-4-14-34-18-11-7-16(8-12-18)20(30-32-2)22(26,27)28/h5-12H,3-4,13-14H2,1-2H3. The number of alkyl halides is 6. The normalized spacial score (nSPS) is 12.9. The Morgan fingerprint density at radius 1 is 0.618 bits per heavy atom. The van der Waals surface area contributed by atoms with E-state index in [2.05, 4.69) is 20.0 Å². The topological polar surface area (TPSA) is 61.6 Å². The summed E-state index contributed by atoms with van der Waals surface area (Å²) in [4.78, 5) is 8.52. The van der Waals surface area contributed by atoms with Gasteiger partial charge in [-0.05, 0) is 61.4 Å². The van der Waals surface area contributed by atoms with Crippen molar-refractivity contribution in [1.82, 2.24) is 0 Å². The molecule has 2 aromatic carbocycles. The molecule has 0 aromatic heterocycles. The van der Waals surface area contributed by atoms with Gasteiger partial charge in [0.2, 0.25) is 0 Å². The van der Waals surface area contributed by atoms with Crippen LogP contribution in [0.15, 0.2) is 58.8 Å². The van der Waals surface area contributed by atoms with E-state index in [0.29, 0.717) is 37.6 Å². The smallest absolute Gasteiger partial charge is 0.437 e. The summed E-state index contributed by atoms with van der Waals surface area (Å²) < 4.78 is 88.8. The number of rotatable bonds is 11. The van der Waals surface area contributed by atoms with Crippen molar-refractivity contribution in [2.24, 2.45) is 10.3 Å². The van der Waals surface area contributed by atoms with E-state index in [1.807, 2.05) is 0 Å². The fraction of sp³-hybridized carbons (Fsp3) is 0.364. The number of nitrogens with zero attached hydrogens (tertiary/aromatic N) is 2. The van der Waals surface area contributed by atoms with E-state index >= 15 is 0 Å². The summed E-state index contributed by atoms with van der Waals surface area (Å²) in [6.07, 6.45) is -8.15. The Morgan fingerprint density at radius 2 is 0.941 bits per heavy atom. The monoisotopic (exact) mass is 492 g/mol. The van der Waals surface area contributed by atoms with Crippen LogP contribution in [0, 0.1) is 0 Å². The Bertz CT molecular complexity index is 876. The Kier molecular flexibility index (Phi) is 9.58. The average molecular weight is 492 g/mol. The molecule has 2 rings (SSSR count). The molecular weight excluding hydrogens is 470 g/mol. The number of hydrogen-bond acceptors (Lipinski definition) is 6. The van der Waals surface area contributed by atoms with Crippen molar-refractivity contribution in [2.75, 3.05) is 27.4 Å². The van der Waals surface area contributed by atoms with Crippen LogP contribution in [0.3, 0.4) is 0 Å². The van der Waals surface area contributed by atoms with Crippen LogP contribution in [0.25, 0.3) is 0 Å². The molecule has 34 heavy (non-hydrogen) atoms. The van der Waals surface area contributed by atoms with Crippen LogP contribution in [0.2, 0.25) is 0 Å². The zero-order chi connectivity index (χ0) is 25.2. The molecule has 0 atom stereocenters. The third-order valence-electron chi connectivity index (χ3n) is 4.23. The van der Waals surface area contributed by atoms with Crippen molar-refractivity contribution in [3.63, 3.8) is 0 Å². The van der Waals surface area contributed by atoms with Gasteiger partial charge in [-0.15, -0.1) is 0 Å². The van der Waals surface area contributed by atoms with Gasteiger partial charge in [0, 0.05) is 11.1 Å². The second-order valence-corrected chi connectivity index (χ2v) is 6.69. The number of oxime groups is 2. The van der Waals surface area contributed by atoms with Crippen LogP contribution < -0.4 is 9.47 Å². The third kappa shape index (κ3) is 8.16. The first-order valence-corrected chi connectivity index (χ1v) is 9.89. The first-order valence-electron chi connectivity index (χ1n) is 9.89. The largest absolute Gasteiger partial charge is 0.494 e. The lowest BCUT2D eigenvalue weighted by Crippen LogP contribution is -2.24. The number of unbranched alkanes of at least 4 members (excludes halogenated alkanes) is 1. The Morgan fingerprint density at radius 3 is 1.21 bits per heavy atom. The lowest BCUT2D eigenvalue weighted by Gasteiger charge is -2.12. The van der Waals surface area contributed by atoms with Crippen LogP contribution in [0.1, 0.15) is 24.0 Å². The highest BCUT2D eigenvalue weighted by Crippen LogP contribution is 2.25. The molecule has 12 heteroatoms. The Balaban J connectivity index is 1.77. The molecule has 0 bridgehead atoms. The Hall–Kier alpha value is -3.44. The predicted octanol–water partition coefficient (Wildman–Crippen LogP) is 5.75. The van der Waals surface area contributed by atoms with E-state index < -0.39 is 23.8 Å². The zero-order valence-corrected chi connectivity index (χ0v) is 18.2. The van der Waals surface area contributed by atoms with Gasteiger partial charge >= 0.3 is 12.4 Å². The number of halogens is 6. The maximum Gasteiger partial charge on any atom is 0.437 e. The van der Waals surface area contributed by atoms with Crippen molar-refractivity contribution < 1.29 is 45.5 Å². The summed E-state index contributed by atoms with van der Waals surface area (Å²) in [6.45, 7) is 0.588. The summed E-state index contributed by atoms with van der Waals surface area (Å²) in [5.41, 5.74) is -2.60. The van der Waals surface area contributed by atoms with E-state index in [9.17, 15) is 26.3 Å². The second kappa shape index (κ2) is 12.1. The van der Waals surface area contributed by atoms with Crippen LogP contribution in [0.4, 0.5) is 26.3 Å². The van der Waals surface area contributed by atoms with Crippen LogP contribution >= 0.6 is 0 Å². The molecule has 0 radical (unpaired) electrons. The molecule has 0 spiro atoms. The summed E-state index contributed by atoms with van der Waals surface area (Å²) in [5.74, 6) is 0.773. The highest BCUT2D eigenvalue weighted by molar-refractivity contribution is 6.04. The molecule has 0 aliphatic rings. The first kappa shape index (κ1) is 26.8. The summed E-state index contributed by atoms with van der Waals surface area (Å²) in [7, 11) is 2.06. The molecule has 0 heterocycles. The van der Waals surface area contributed by atoms with Gasteiger partial charge in [0.05, 0.1) is 13.2 Å². The van der Waals surface area contributed by atoms with Crippen molar-refractivity contribution in [1.29, 1.82) is 0 Å². The fourth-order valence-corrected chi connectivity index (χ4v) is 2.72. The van der Waals surface area contributed by atoms with Gasteiger partial charge in [0.25, 0.3) is 0 Å². The highest BCUT2D eigenvalue weighted by Gasteiger charge is 2.38. The molecule has 0 N–H and O–H groups in total. The maximum atomic E-state index is 13.0. The van der Waals surface area contributed by atoms with Crippen LogP contribution in [0.5, 0.6) is 11.5 Å². The average Bonchev–Trinajstić information content (AvgIpc) is 2.78. The lowest BCUT2D eigenvalue weighted by molar-refractivity contribution is -0.0616. The highest BCUT2D eigenvalue weighted by atomic mass is 19.4. The van der Waals surface area contributed by atoms with Gasteiger partial charge in [0.1, 0.15) is 25.7 Å². The molecular formula is C22H22F6N2O4. The SMILES string of the molecule is CON=C(c1ccc(OCCCCOc2ccc(C(=NOC)C(F)(F)F)cc2)cc1)C(F)(F)F. The van der Waals surface area contributed by atoms with Gasteiger partial charge in [-0.3, -0.25) is 0 Å². The van der Waals surface area contributed by atoms with Crippen molar-refractivity contribution in [2.45, 2.75) is 25.2 Å². The van der Waals surface area contributed by atoms with Gasteiger partial charge in [-0.2, -0.15) is 26.3 Å². The first-order chi connectivity index (χ1) is 16.1. The molecule has 0 unspecified atom stereocenters. The number of ether oxygens (including phenoxy) is 2. The van der Waals surface area contributed by atoms with E-state index in [1.165, 1.54) is 48.5 Å². The van der Waals surface area contributed by atoms with E-state index in [1.54, 1.807) is 0 Å². The minimum Gasteiger partial charge on any atom is -0.494 e. The maximum absolute atomic E-state index is 13.0. The van der Waals surface area contributed by atoms with Crippen LogP contribution in [-0.4, -0.2) is 51.2 Å². The minimum atomic E-state index is -4.66. The molecule has 0 saturated carbocycles. The molecule has 0 fully saturated rings. The van der Waals surface area contributed by atoms with Crippen LogP contribution in [-0.2, 0) is 9.68 Å². The third-order valence-corrected chi connectivity index (χ3v) is 4.23. The molecule has 0 amide bonds. The van der Waals surface area contributed by atoms with Gasteiger partial charge in [-0.25, -0.2) is 0 Å². The minimum absolute atomic E-state index is 0.156. The van der Waals surface area contributed by atoms with Crippen molar-refractivity contribution in [3.8, 4) is 11.5 Å². The van der Waals surface area contributed by atoms with Gasteiger partial charge < -0.3 is 19.1 Å². The molecule has 0 saturated heterocycles. The predicted molar refractivity (Wildman–Crippen MR) is 112 cm³/mol. The quantitative estimate of drug-likeness (QED) is 0.174. The lowest BCUT2D eigenvalue weighted by atomic mass is 10.1. The second-order valence-electron chi connectivity index (χ2n) is 6.69. The molecule has 0 aliphatic heterocycles. The van der Waals surface area contributed by atoms with E-state index in [4.69, 9.17) is 9.47 Å². The van der Waals surface area contributed by atoms with Gasteiger partial charge in [0.15, 0.2) is 11.4 Å². The van der Waals surface area contributed by atoms with Crippen molar-refractivity contribution >= 4 is 11.4 Å². The summed E-state index contributed by atoms with van der Waals surface area (Å²) in [6, 6.07) is 10.5. The Labute approximate surface area is 191 Å². The zero-order valence-electron chi connectivity index (χ0n) is 18.2. The molecule has 2 aromatic rings. The van der Waals surface area contributed by atoms with E-state index in [-0.39, 0.29) is 11.1 Å². The number of hydrogen-bond donors (Lipinski definition) is 0. The van der Waals surface area contributed by atoms with Crippen molar-refractivity contribution in [3.05, 3.63) is 59.7 Å². The molecule has 0 aliphatic carbocycles. The van der Waals surface area contributed by atoms with E-state index in [0.717, 1.165) is 14.2 Å². The van der Waals surface area contributed by atoms with Gasteiger partial charge in [-0.1, -0.05) is 10.3 Å². The fourth-order valence-electron chi connectivity index (χ4n) is 2.72.